The molecule has 0 aromatic heterocycles. The van der Waals surface area contributed by atoms with Crippen molar-refractivity contribution in [1.82, 2.24) is 0 Å². The van der Waals surface area contributed by atoms with Crippen LogP contribution >= 0.6 is 22.6 Å². The summed E-state index contributed by atoms with van der Waals surface area (Å²) in [4.78, 5) is 10.4. The molecule has 0 amide bonds. The Morgan fingerprint density at radius 3 is 2.80 bits per heavy atom. The third-order valence-corrected chi connectivity index (χ3v) is 2.74. The average Bonchev–Trinajstić information content (AvgIpc) is 2.15. The minimum atomic E-state index is -0.906. The van der Waals surface area contributed by atoms with Gasteiger partial charge in [-0.2, -0.15) is 0 Å². The van der Waals surface area contributed by atoms with Crippen molar-refractivity contribution < 1.29 is 9.90 Å². The topological polar surface area (TPSA) is 49.3 Å². The number of carboxylic acids is 1. The molecule has 0 radical (unpaired) electrons. The molecule has 0 spiro atoms. The fourth-order valence-electron chi connectivity index (χ4n) is 1.10. The highest BCUT2D eigenvalue weighted by atomic mass is 127. The molecular weight excluding hydrogens is 305 g/mol. The van der Waals surface area contributed by atoms with Gasteiger partial charge in [-0.15, -0.1) is 0 Å². The van der Waals surface area contributed by atoms with Crippen molar-refractivity contribution >= 4 is 34.2 Å². The molecule has 0 aliphatic heterocycles. The second kappa shape index (κ2) is 5.75. The highest BCUT2D eigenvalue weighted by molar-refractivity contribution is 14.1. The number of rotatable bonds is 4. The van der Waals surface area contributed by atoms with E-state index in [1.54, 1.807) is 6.92 Å². The van der Waals surface area contributed by atoms with Gasteiger partial charge in [0.05, 0.1) is 0 Å². The molecule has 1 rings (SSSR count). The lowest BCUT2D eigenvalue weighted by Crippen LogP contribution is -2.05. The van der Waals surface area contributed by atoms with Crippen LogP contribution in [0, 0.1) is 3.57 Å². The largest absolute Gasteiger partial charge is 0.478 e. The van der Waals surface area contributed by atoms with Crippen molar-refractivity contribution in [3.63, 3.8) is 0 Å². The van der Waals surface area contributed by atoms with Crippen molar-refractivity contribution in [2.24, 2.45) is 0 Å². The molecule has 4 heteroatoms. The minimum absolute atomic E-state index is 0.548. The fourth-order valence-corrected chi connectivity index (χ4v) is 1.68. The smallest absolute Gasteiger partial charge is 0.328 e. The number of anilines is 1. The van der Waals surface area contributed by atoms with E-state index in [2.05, 4.69) is 27.9 Å². The van der Waals surface area contributed by atoms with E-state index >= 15 is 0 Å². The van der Waals surface area contributed by atoms with Gasteiger partial charge in [0, 0.05) is 21.9 Å². The van der Waals surface area contributed by atoms with Crippen LogP contribution in [0.4, 0.5) is 5.69 Å². The first kappa shape index (κ1) is 12.0. The predicted octanol–water partition coefficient (Wildman–Crippen LogP) is 2.73. The number of benzene rings is 1. The Bertz CT molecular complexity index is 388. The third kappa shape index (κ3) is 4.33. The van der Waals surface area contributed by atoms with E-state index in [-0.39, 0.29) is 0 Å². The second-order valence-corrected chi connectivity index (χ2v) is 4.32. The highest BCUT2D eigenvalue weighted by Gasteiger charge is 1.98. The number of hydrogen-bond acceptors (Lipinski definition) is 2. The Morgan fingerprint density at radius 2 is 2.20 bits per heavy atom. The van der Waals surface area contributed by atoms with Crippen LogP contribution in [-0.4, -0.2) is 17.6 Å². The molecule has 15 heavy (non-hydrogen) atoms. The summed E-state index contributed by atoms with van der Waals surface area (Å²) in [7, 11) is 0. The standard InChI is InChI=1S/C11H12INO2/c1-8(6-11(14)15)7-13-10-5-3-2-4-9(10)12/h2-6,13H,7H2,1H3,(H,14,15)/b8-6-. The predicted molar refractivity (Wildman–Crippen MR) is 69.0 cm³/mol. The molecule has 0 bridgehead atoms. The molecule has 1 aromatic carbocycles. The van der Waals surface area contributed by atoms with Crippen LogP contribution in [-0.2, 0) is 4.79 Å². The Morgan fingerprint density at radius 1 is 1.53 bits per heavy atom. The van der Waals surface area contributed by atoms with Crippen LogP contribution in [0.25, 0.3) is 0 Å². The number of carbonyl (C=O) groups is 1. The van der Waals surface area contributed by atoms with Crippen molar-refractivity contribution in [3.05, 3.63) is 39.5 Å². The number of halogens is 1. The summed E-state index contributed by atoms with van der Waals surface area (Å²) in [5.74, 6) is -0.906. The summed E-state index contributed by atoms with van der Waals surface area (Å²) in [6, 6.07) is 7.88. The number of para-hydroxylation sites is 1. The molecular formula is C11H12INO2. The van der Waals surface area contributed by atoms with Gasteiger partial charge in [-0.05, 0) is 47.2 Å². The maximum Gasteiger partial charge on any atom is 0.328 e. The summed E-state index contributed by atoms with van der Waals surface area (Å²) in [6.07, 6.45) is 1.21. The highest BCUT2D eigenvalue weighted by Crippen LogP contribution is 2.16. The Kier molecular flexibility index (Phi) is 4.61. The molecule has 2 N–H and O–H groups in total. The lowest BCUT2D eigenvalue weighted by Gasteiger charge is -2.07. The van der Waals surface area contributed by atoms with Crippen LogP contribution < -0.4 is 5.32 Å². The molecule has 0 aliphatic carbocycles. The van der Waals surface area contributed by atoms with E-state index < -0.39 is 5.97 Å². The van der Waals surface area contributed by atoms with Crippen LogP contribution in [0.3, 0.4) is 0 Å². The number of hydrogen-bond donors (Lipinski definition) is 2. The van der Waals surface area contributed by atoms with Gasteiger partial charge in [0.15, 0.2) is 0 Å². The molecule has 3 nitrogen and oxygen atoms in total. The quantitative estimate of drug-likeness (QED) is 0.663. The molecule has 0 aliphatic rings. The average molecular weight is 317 g/mol. The molecule has 80 valence electrons. The summed E-state index contributed by atoms with van der Waals surface area (Å²) < 4.78 is 1.12. The van der Waals surface area contributed by atoms with E-state index in [4.69, 9.17) is 5.11 Å². The van der Waals surface area contributed by atoms with Gasteiger partial charge in [-0.3, -0.25) is 0 Å². The maximum absolute atomic E-state index is 10.4. The van der Waals surface area contributed by atoms with Gasteiger partial charge in [0.1, 0.15) is 0 Å². The van der Waals surface area contributed by atoms with E-state index in [9.17, 15) is 4.79 Å². The molecule has 0 atom stereocenters. The van der Waals surface area contributed by atoms with Crippen LogP contribution in [0.15, 0.2) is 35.9 Å². The molecule has 0 fully saturated rings. The van der Waals surface area contributed by atoms with Crippen molar-refractivity contribution in [3.8, 4) is 0 Å². The molecule has 0 saturated carbocycles. The van der Waals surface area contributed by atoms with Crippen LogP contribution in [0.1, 0.15) is 6.92 Å². The van der Waals surface area contributed by atoms with Crippen molar-refractivity contribution in [2.75, 3.05) is 11.9 Å². The summed E-state index contributed by atoms with van der Waals surface area (Å²) in [5.41, 5.74) is 1.82. The SMILES string of the molecule is C/C(=C/C(=O)O)CNc1ccccc1I. The van der Waals surface area contributed by atoms with Gasteiger partial charge in [-0.1, -0.05) is 12.1 Å². The van der Waals surface area contributed by atoms with E-state index in [0.717, 1.165) is 14.8 Å². The van der Waals surface area contributed by atoms with Gasteiger partial charge < -0.3 is 10.4 Å². The maximum atomic E-state index is 10.4. The van der Waals surface area contributed by atoms with Crippen LogP contribution in [0.2, 0.25) is 0 Å². The Balaban J connectivity index is 2.58. The zero-order chi connectivity index (χ0) is 11.3. The van der Waals surface area contributed by atoms with E-state index in [0.29, 0.717) is 6.54 Å². The van der Waals surface area contributed by atoms with Crippen molar-refractivity contribution in [2.45, 2.75) is 6.92 Å². The first-order valence-electron chi connectivity index (χ1n) is 4.48. The molecule has 0 saturated heterocycles. The van der Waals surface area contributed by atoms with E-state index in [1.807, 2.05) is 24.3 Å². The normalized spacial score (nSPS) is 11.2. The second-order valence-electron chi connectivity index (χ2n) is 3.16. The summed E-state index contributed by atoms with van der Waals surface area (Å²) >= 11 is 2.23. The summed E-state index contributed by atoms with van der Waals surface area (Å²) in [6.45, 7) is 2.34. The zero-order valence-electron chi connectivity index (χ0n) is 8.33. The van der Waals surface area contributed by atoms with E-state index in [1.165, 1.54) is 6.08 Å². The van der Waals surface area contributed by atoms with Gasteiger partial charge in [0.25, 0.3) is 0 Å². The number of nitrogens with one attached hydrogen (secondary N) is 1. The Hall–Kier alpha value is -1.04. The van der Waals surface area contributed by atoms with Gasteiger partial charge >= 0.3 is 5.97 Å². The Labute approximate surface area is 102 Å². The molecule has 0 heterocycles. The van der Waals surface area contributed by atoms with Gasteiger partial charge in [0.2, 0.25) is 0 Å². The van der Waals surface area contributed by atoms with Crippen molar-refractivity contribution in [1.29, 1.82) is 0 Å². The first-order valence-corrected chi connectivity index (χ1v) is 5.56. The van der Waals surface area contributed by atoms with Crippen LogP contribution in [0.5, 0.6) is 0 Å². The van der Waals surface area contributed by atoms with Gasteiger partial charge in [-0.25, -0.2) is 4.79 Å². The zero-order valence-corrected chi connectivity index (χ0v) is 10.5. The first-order chi connectivity index (χ1) is 7.09. The number of aliphatic carboxylic acids is 1. The number of carboxylic acid groups (broad SMARTS) is 1. The lowest BCUT2D eigenvalue weighted by atomic mass is 10.2. The summed E-state index contributed by atoms with van der Waals surface area (Å²) in [5, 5.41) is 11.7. The molecule has 0 unspecified atom stereocenters. The monoisotopic (exact) mass is 317 g/mol. The lowest BCUT2D eigenvalue weighted by molar-refractivity contribution is -0.131. The minimum Gasteiger partial charge on any atom is -0.478 e. The molecule has 1 aromatic rings. The third-order valence-electron chi connectivity index (χ3n) is 1.80. The fraction of sp³-hybridized carbons (Fsp3) is 0.182.